The Kier molecular flexibility index (Phi) is 5.10. The molecule has 1 aliphatic rings. The Morgan fingerprint density at radius 2 is 1.80 bits per heavy atom. The van der Waals surface area contributed by atoms with Gasteiger partial charge in [-0.2, -0.15) is 0 Å². The second-order valence-electron chi connectivity index (χ2n) is 7.22. The van der Waals surface area contributed by atoms with Crippen LogP contribution in [0.4, 0.5) is 5.69 Å². The lowest BCUT2D eigenvalue weighted by Crippen LogP contribution is -2.49. The molecule has 3 aromatic rings. The van der Waals surface area contributed by atoms with E-state index in [9.17, 15) is 14.4 Å². The Balaban J connectivity index is 1.51. The average Bonchev–Trinajstić information content (AvgIpc) is 3.26. The van der Waals surface area contributed by atoms with E-state index < -0.39 is 17.5 Å². The van der Waals surface area contributed by atoms with E-state index in [-0.39, 0.29) is 18.9 Å². The lowest BCUT2D eigenvalue weighted by Gasteiger charge is -2.33. The maximum absolute atomic E-state index is 13.0. The monoisotopic (exact) mass is 404 g/mol. The van der Waals surface area contributed by atoms with Gasteiger partial charge in [-0.25, -0.2) is 4.79 Å². The molecule has 4 rings (SSSR count). The molecule has 2 N–H and O–H groups in total. The molecule has 1 atom stereocenters. The maximum Gasteiger partial charge on any atom is 0.339 e. The second kappa shape index (κ2) is 7.87. The van der Waals surface area contributed by atoms with E-state index in [4.69, 9.17) is 9.15 Å². The number of hydrogen-bond donors (Lipinski definition) is 2. The molecule has 1 unspecified atom stereocenters. The van der Waals surface area contributed by atoms with Crippen molar-refractivity contribution in [2.24, 2.45) is 0 Å². The predicted molar refractivity (Wildman–Crippen MR) is 109 cm³/mol. The number of para-hydroxylation sites is 1. The number of cyclic esters (lactones) is 1. The standard InChI is InChI=1S/C23H20N2O5/c1-23(13-15-7-2-3-9-17(15)21(27)30-23)22(28)25-19-11-5-4-10-18(19)20(26)24-14-16-8-6-12-29-16/h2-12H,13-14H2,1H3,(H,24,26)(H,25,28). The minimum atomic E-state index is -1.39. The summed E-state index contributed by atoms with van der Waals surface area (Å²) in [6.45, 7) is 1.79. The molecule has 0 spiro atoms. The number of nitrogens with one attached hydrogen (secondary N) is 2. The molecule has 0 saturated heterocycles. The van der Waals surface area contributed by atoms with E-state index in [1.807, 2.05) is 6.07 Å². The van der Waals surface area contributed by atoms with Crippen LogP contribution < -0.4 is 10.6 Å². The summed E-state index contributed by atoms with van der Waals surface area (Å²) < 4.78 is 10.7. The van der Waals surface area contributed by atoms with Crippen LogP contribution in [0, 0.1) is 0 Å². The van der Waals surface area contributed by atoms with E-state index >= 15 is 0 Å². The Bertz CT molecular complexity index is 1110. The maximum atomic E-state index is 13.0. The van der Waals surface area contributed by atoms with Crippen molar-refractivity contribution < 1.29 is 23.5 Å². The van der Waals surface area contributed by atoms with Gasteiger partial charge in [0.25, 0.3) is 11.8 Å². The zero-order chi connectivity index (χ0) is 21.1. The Hall–Kier alpha value is -3.87. The molecule has 0 fully saturated rings. The van der Waals surface area contributed by atoms with E-state index in [1.165, 1.54) is 6.26 Å². The largest absolute Gasteiger partial charge is 0.467 e. The molecular weight excluding hydrogens is 384 g/mol. The third kappa shape index (κ3) is 3.82. The molecule has 152 valence electrons. The van der Waals surface area contributed by atoms with Crippen LogP contribution in [0.5, 0.6) is 0 Å². The number of esters is 1. The highest BCUT2D eigenvalue weighted by molar-refractivity contribution is 6.07. The van der Waals surface area contributed by atoms with Crippen LogP contribution >= 0.6 is 0 Å². The number of carbonyl (C=O) groups excluding carboxylic acids is 3. The van der Waals surface area contributed by atoms with Gasteiger partial charge in [0.2, 0.25) is 0 Å². The third-order valence-corrected chi connectivity index (χ3v) is 4.99. The summed E-state index contributed by atoms with van der Waals surface area (Å²) in [5, 5.41) is 5.50. The smallest absolute Gasteiger partial charge is 0.339 e. The van der Waals surface area contributed by atoms with Gasteiger partial charge in [0.05, 0.1) is 29.6 Å². The molecule has 0 bridgehead atoms. The molecular formula is C23H20N2O5. The summed E-state index contributed by atoms with van der Waals surface area (Å²) in [5.41, 5.74) is 0.443. The average molecular weight is 404 g/mol. The van der Waals surface area contributed by atoms with Crippen molar-refractivity contribution in [2.75, 3.05) is 5.32 Å². The van der Waals surface area contributed by atoms with Crippen LogP contribution in [0.25, 0.3) is 0 Å². The highest BCUT2D eigenvalue weighted by Gasteiger charge is 2.42. The number of rotatable bonds is 5. The highest BCUT2D eigenvalue weighted by atomic mass is 16.6. The van der Waals surface area contributed by atoms with Gasteiger partial charge < -0.3 is 19.8 Å². The topological polar surface area (TPSA) is 97.6 Å². The van der Waals surface area contributed by atoms with Gasteiger partial charge in [0.15, 0.2) is 5.60 Å². The first kappa shape index (κ1) is 19.4. The van der Waals surface area contributed by atoms with Crippen LogP contribution in [0.2, 0.25) is 0 Å². The number of furan rings is 1. The fraction of sp³-hybridized carbons (Fsp3) is 0.174. The molecule has 1 aliphatic heterocycles. The molecule has 1 aromatic heterocycles. The van der Waals surface area contributed by atoms with Gasteiger partial charge in [0.1, 0.15) is 5.76 Å². The molecule has 2 aromatic carbocycles. The SMILES string of the molecule is CC1(C(=O)Nc2ccccc2C(=O)NCc2ccco2)Cc2ccccc2C(=O)O1. The molecule has 0 aliphatic carbocycles. The van der Waals surface area contributed by atoms with Crippen LogP contribution in [0.15, 0.2) is 71.3 Å². The van der Waals surface area contributed by atoms with E-state index in [0.717, 1.165) is 5.56 Å². The van der Waals surface area contributed by atoms with Gasteiger partial charge >= 0.3 is 5.97 Å². The lowest BCUT2D eigenvalue weighted by atomic mass is 9.89. The van der Waals surface area contributed by atoms with Crippen LogP contribution in [-0.4, -0.2) is 23.4 Å². The first-order chi connectivity index (χ1) is 14.5. The number of fused-ring (bicyclic) bond motifs is 1. The van der Waals surface area contributed by atoms with Crippen LogP contribution in [-0.2, 0) is 22.5 Å². The van der Waals surface area contributed by atoms with Crippen molar-refractivity contribution in [1.29, 1.82) is 0 Å². The van der Waals surface area contributed by atoms with E-state index in [2.05, 4.69) is 10.6 Å². The van der Waals surface area contributed by atoms with Gasteiger partial charge in [-0.15, -0.1) is 0 Å². The third-order valence-electron chi connectivity index (χ3n) is 4.99. The normalized spacial score (nSPS) is 17.6. The minimum absolute atomic E-state index is 0.222. The van der Waals surface area contributed by atoms with Crippen molar-refractivity contribution in [3.8, 4) is 0 Å². The predicted octanol–water partition coefficient (Wildman–Crippen LogP) is 3.32. The van der Waals surface area contributed by atoms with Crippen LogP contribution in [0.1, 0.15) is 39.0 Å². The summed E-state index contributed by atoms with van der Waals surface area (Å²) in [7, 11) is 0. The summed E-state index contributed by atoms with van der Waals surface area (Å²) in [6, 6.07) is 17.2. The minimum Gasteiger partial charge on any atom is -0.467 e. The van der Waals surface area contributed by atoms with Crippen molar-refractivity contribution in [3.63, 3.8) is 0 Å². The highest BCUT2D eigenvalue weighted by Crippen LogP contribution is 2.29. The molecule has 0 saturated carbocycles. The zero-order valence-electron chi connectivity index (χ0n) is 16.3. The van der Waals surface area contributed by atoms with Gasteiger partial charge in [0, 0.05) is 6.42 Å². The van der Waals surface area contributed by atoms with Crippen LogP contribution in [0.3, 0.4) is 0 Å². The second-order valence-corrected chi connectivity index (χ2v) is 7.22. The summed E-state index contributed by atoms with van der Waals surface area (Å²) in [5.74, 6) is -0.792. The number of ether oxygens (including phenoxy) is 1. The summed E-state index contributed by atoms with van der Waals surface area (Å²) >= 11 is 0. The van der Waals surface area contributed by atoms with Gasteiger partial charge in [-0.3, -0.25) is 9.59 Å². The number of hydrogen-bond acceptors (Lipinski definition) is 5. The van der Waals surface area contributed by atoms with Crippen molar-refractivity contribution >= 4 is 23.5 Å². The Morgan fingerprint density at radius 3 is 2.60 bits per heavy atom. The molecule has 2 amide bonds. The molecule has 0 radical (unpaired) electrons. The van der Waals surface area contributed by atoms with Crippen molar-refractivity contribution in [2.45, 2.75) is 25.5 Å². The molecule has 7 nitrogen and oxygen atoms in total. The number of anilines is 1. The summed E-state index contributed by atoms with van der Waals surface area (Å²) in [4.78, 5) is 38.0. The molecule has 30 heavy (non-hydrogen) atoms. The van der Waals surface area contributed by atoms with E-state index in [0.29, 0.717) is 22.6 Å². The quantitative estimate of drug-likeness (QED) is 0.636. The first-order valence-electron chi connectivity index (χ1n) is 9.48. The van der Waals surface area contributed by atoms with Crippen molar-refractivity contribution in [3.05, 3.63) is 89.4 Å². The Morgan fingerprint density at radius 1 is 1.03 bits per heavy atom. The first-order valence-corrected chi connectivity index (χ1v) is 9.48. The zero-order valence-corrected chi connectivity index (χ0v) is 16.3. The number of carbonyl (C=O) groups is 3. The fourth-order valence-electron chi connectivity index (χ4n) is 3.38. The van der Waals surface area contributed by atoms with Gasteiger partial charge in [-0.05, 0) is 42.8 Å². The fourth-order valence-corrected chi connectivity index (χ4v) is 3.38. The molecule has 2 heterocycles. The number of amides is 2. The Labute approximate surface area is 173 Å². The molecule has 7 heteroatoms. The summed E-state index contributed by atoms with van der Waals surface area (Å²) in [6.07, 6.45) is 1.77. The lowest BCUT2D eigenvalue weighted by molar-refractivity contribution is -0.134. The van der Waals surface area contributed by atoms with Crippen molar-refractivity contribution in [1.82, 2.24) is 5.32 Å². The number of benzene rings is 2. The van der Waals surface area contributed by atoms with Gasteiger partial charge in [-0.1, -0.05) is 30.3 Å². The van der Waals surface area contributed by atoms with E-state index in [1.54, 1.807) is 61.5 Å².